The third kappa shape index (κ3) is 2.28. The molecule has 1 heterocycles. The average molecular weight is 288 g/mol. The highest BCUT2D eigenvalue weighted by Crippen LogP contribution is 2.38. The van der Waals surface area contributed by atoms with Crippen LogP contribution in [0.3, 0.4) is 0 Å². The number of hydrogen-bond acceptors (Lipinski definition) is 3. The van der Waals surface area contributed by atoms with E-state index in [4.69, 9.17) is 5.73 Å². The van der Waals surface area contributed by atoms with Crippen molar-refractivity contribution in [3.8, 4) is 21.7 Å². The van der Waals surface area contributed by atoms with Gasteiger partial charge in [0.2, 0.25) is 0 Å². The fraction of sp³-hybridized carbons (Fsp3) is 0. The van der Waals surface area contributed by atoms with Crippen molar-refractivity contribution < 1.29 is 8.78 Å². The standard InChI is InChI=1S/C15H10F2N2S/c16-10-7-5-9(6-8-10)14-13(19-15(18)20-14)11-3-1-2-4-12(11)17/h1-8H,(H2,18,19). The first-order valence-corrected chi connectivity index (χ1v) is 6.74. The van der Waals surface area contributed by atoms with E-state index in [1.165, 1.54) is 29.5 Å². The number of anilines is 1. The number of nitrogens with two attached hydrogens (primary N) is 1. The zero-order valence-corrected chi connectivity index (χ0v) is 11.1. The number of nitrogens with zero attached hydrogens (tertiary/aromatic N) is 1. The summed E-state index contributed by atoms with van der Waals surface area (Å²) in [5, 5.41) is 0.350. The van der Waals surface area contributed by atoms with Crippen LogP contribution in [-0.4, -0.2) is 4.98 Å². The van der Waals surface area contributed by atoms with Crippen molar-refractivity contribution in [2.75, 3.05) is 5.73 Å². The second-order valence-electron chi connectivity index (χ2n) is 4.22. The maximum Gasteiger partial charge on any atom is 0.181 e. The van der Waals surface area contributed by atoms with E-state index in [0.29, 0.717) is 16.4 Å². The first kappa shape index (κ1) is 12.7. The fourth-order valence-electron chi connectivity index (χ4n) is 1.97. The summed E-state index contributed by atoms with van der Waals surface area (Å²) in [4.78, 5) is 4.93. The molecule has 100 valence electrons. The molecule has 20 heavy (non-hydrogen) atoms. The highest BCUT2D eigenvalue weighted by Gasteiger charge is 2.16. The molecule has 2 nitrogen and oxygen atoms in total. The Balaban J connectivity index is 2.18. The summed E-state index contributed by atoms with van der Waals surface area (Å²) < 4.78 is 26.9. The lowest BCUT2D eigenvalue weighted by atomic mass is 10.1. The zero-order valence-electron chi connectivity index (χ0n) is 10.3. The Morgan fingerprint density at radius 3 is 2.35 bits per heavy atom. The summed E-state index contributed by atoms with van der Waals surface area (Å²) in [7, 11) is 0. The van der Waals surface area contributed by atoms with Crippen LogP contribution < -0.4 is 5.73 Å². The summed E-state index contributed by atoms with van der Waals surface area (Å²) in [5.41, 5.74) is 7.38. The van der Waals surface area contributed by atoms with Gasteiger partial charge in [-0.1, -0.05) is 35.6 Å². The van der Waals surface area contributed by atoms with Gasteiger partial charge in [0.25, 0.3) is 0 Å². The lowest BCUT2D eigenvalue weighted by Gasteiger charge is -2.04. The van der Waals surface area contributed by atoms with Gasteiger partial charge in [0.05, 0.1) is 10.6 Å². The van der Waals surface area contributed by atoms with Gasteiger partial charge in [0.1, 0.15) is 11.6 Å². The largest absolute Gasteiger partial charge is 0.375 e. The van der Waals surface area contributed by atoms with E-state index < -0.39 is 0 Å². The molecule has 0 radical (unpaired) electrons. The Bertz CT molecular complexity index is 751. The minimum absolute atomic E-state index is 0.321. The Hall–Kier alpha value is -2.27. The van der Waals surface area contributed by atoms with Crippen LogP contribution >= 0.6 is 11.3 Å². The first-order chi connectivity index (χ1) is 9.65. The molecule has 0 aliphatic heterocycles. The molecule has 0 bridgehead atoms. The quantitative estimate of drug-likeness (QED) is 0.762. The molecule has 0 fully saturated rings. The number of nitrogen functional groups attached to an aromatic ring is 1. The van der Waals surface area contributed by atoms with Crippen LogP contribution in [0.15, 0.2) is 48.5 Å². The summed E-state index contributed by atoms with van der Waals surface area (Å²) in [6.45, 7) is 0. The molecule has 3 aromatic rings. The van der Waals surface area contributed by atoms with E-state index in [1.807, 2.05) is 0 Å². The van der Waals surface area contributed by atoms with Crippen LogP contribution in [-0.2, 0) is 0 Å². The molecule has 0 saturated heterocycles. The number of aromatic nitrogens is 1. The Labute approximate surface area is 118 Å². The van der Waals surface area contributed by atoms with E-state index in [9.17, 15) is 8.78 Å². The molecule has 2 aromatic carbocycles. The van der Waals surface area contributed by atoms with Crippen LogP contribution in [0.25, 0.3) is 21.7 Å². The van der Waals surface area contributed by atoms with Gasteiger partial charge in [0.15, 0.2) is 5.13 Å². The van der Waals surface area contributed by atoms with Gasteiger partial charge in [-0.05, 0) is 29.8 Å². The smallest absolute Gasteiger partial charge is 0.181 e. The van der Waals surface area contributed by atoms with Crippen LogP contribution in [0.1, 0.15) is 0 Å². The van der Waals surface area contributed by atoms with Crippen molar-refractivity contribution in [3.63, 3.8) is 0 Å². The zero-order chi connectivity index (χ0) is 14.1. The molecule has 0 spiro atoms. The molecule has 2 N–H and O–H groups in total. The SMILES string of the molecule is Nc1nc(-c2ccccc2F)c(-c2ccc(F)cc2)s1. The Morgan fingerprint density at radius 2 is 1.65 bits per heavy atom. The van der Waals surface area contributed by atoms with E-state index >= 15 is 0 Å². The molecule has 0 saturated carbocycles. The molecular weight excluding hydrogens is 278 g/mol. The van der Waals surface area contributed by atoms with Gasteiger partial charge >= 0.3 is 0 Å². The van der Waals surface area contributed by atoms with Crippen LogP contribution in [0.2, 0.25) is 0 Å². The van der Waals surface area contributed by atoms with E-state index in [0.717, 1.165) is 10.4 Å². The fourth-order valence-corrected chi connectivity index (χ4v) is 2.82. The minimum atomic E-state index is -0.360. The number of hydrogen-bond donors (Lipinski definition) is 1. The third-order valence-electron chi connectivity index (χ3n) is 2.88. The lowest BCUT2D eigenvalue weighted by molar-refractivity contribution is 0.628. The van der Waals surface area contributed by atoms with E-state index in [1.54, 1.807) is 30.3 Å². The molecule has 0 amide bonds. The minimum Gasteiger partial charge on any atom is -0.375 e. The molecule has 0 atom stereocenters. The molecular formula is C15H10F2N2S. The Morgan fingerprint density at radius 1 is 0.950 bits per heavy atom. The van der Waals surface area contributed by atoms with Crippen LogP contribution in [0.5, 0.6) is 0 Å². The lowest BCUT2D eigenvalue weighted by Crippen LogP contribution is -1.88. The van der Waals surface area contributed by atoms with Crippen molar-refractivity contribution in [1.82, 2.24) is 4.98 Å². The molecule has 0 aliphatic carbocycles. The van der Waals surface area contributed by atoms with Gasteiger partial charge in [-0.2, -0.15) is 0 Å². The van der Waals surface area contributed by atoms with Crippen molar-refractivity contribution in [2.45, 2.75) is 0 Å². The number of benzene rings is 2. The van der Waals surface area contributed by atoms with Gasteiger partial charge in [0, 0.05) is 5.56 Å². The van der Waals surface area contributed by atoms with Crippen LogP contribution in [0, 0.1) is 11.6 Å². The van der Waals surface area contributed by atoms with Crippen molar-refractivity contribution >= 4 is 16.5 Å². The number of rotatable bonds is 2. The third-order valence-corrected chi connectivity index (χ3v) is 3.81. The van der Waals surface area contributed by atoms with Crippen molar-refractivity contribution in [1.29, 1.82) is 0 Å². The predicted octanol–water partition coefficient (Wildman–Crippen LogP) is 4.34. The molecule has 5 heteroatoms. The van der Waals surface area contributed by atoms with Gasteiger partial charge in [-0.25, -0.2) is 13.8 Å². The topological polar surface area (TPSA) is 38.9 Å². The average Bonchev–Trinajstić information content (AvgIpc) is 2.82. The van der Waals surface area contributed by atoms with Gasteiger partial charge in [-0.15, -0.1) is 0 Å². The summed E-state index contributed by atoms with van der Waals surface area (Å²) in [6.07, 6.45) is 0. The van der Waals surface area contributed by atoms with Gasteiger partial charge < -0.3 is 5.73 Å². The Kier molecular flexibility index (Phi) is 3.20. The predicted molar refractivity (Wildman–Crippen MR) is 77.3 cm³/mol. The summed E-state index contributed by atoms with van der Waals surface area (Å²) >= 11 is 1.25. The number of halogens is 2. The summed E-state index contributed by atoms with van der Waals surface area (Å²) in [6, 6.07) is 12.4. The van der Waals surface area contributed by atoms with Gasteiger partial charge in [-0.3, -0.25) is 0 Å². The number of thiazole rings is 1. The maximum absolute atomic E-state index is 13.9. The van der Waals surface area contributed by atoms with E-state index in [2.05, 4.69) is 4.98 Å². The van der Waals surface area contributed by atoms with Crippen LogP contribution in [0.4, 0.5) is 13.9 Å². The normalized spacial score (nSPS) is 10.7. The molecule has 0 unspecified atom stereocenters. The second-order valence-corrected chi connectivity index (χ2v) is 5.25. The second kappa shape index (κ2) is 5.02. The van der Waals surface area contributed by atoms with E-state index in [-0.39, 0.29) is 11.6 Å². The monoisotopic (exact) mass is 288 g/mol. The highest BCUT2D eigenvalue weighted by molar-refractivity contribution is 7.19. The molecule has 1 aromatic heterocycles. The van der Waals surface area contributed by atoms with Crippen molar-refractivity contribution in [3.05, 3.63) is 60.2 Å². The first-order valence-electron chi connectivity index (χ1n) is 5.92. The highest BCUT2D eigenvalue weighted by atomic mass is 32.1. The summed E-state index contributed by atoms with van der Waals surface area (Å²) in [5.74, 6) is -0.681. The molecule has 3 rings (SSSR count). The molecule has 0 aliphatic rings. The van der Waals surface area contributed by atoms with Crippen molar-refractivity contribution in [2.24, 2.45) is 0 Å². The maximum atomic E-state index is 13.9.